The van der Waals surface area contributed by atoms with Gasteiger partial charge in [-0.25, -0.2) is 9.80 Å². The summed E-state index contributed by atoms with van der Waals surface area (Å²) in [7, 11) is 0. The Balaban J connectivity index is 1.71. The number of halogens is 1. The summed E-state index contributed by atoms with van der Waals surface area (Å²) in [6.45, 7) is -0.113. The molecule has 1 aliphatic rings. The van der Waals surface area contributed by atoms with Crippen molar-refractivity contribution in [1.82, 2.24) is 10.3 Å². The van der Waals surface area contributed by atoms with E-state index in [4.69, 9.17) is 11.6 Å². The fraction of sp³-hybridized carbons (Fsp3) is 0.0588. The van der Waals surface area contributed by atoms with Crippen LogP contribution in [-0.2, 0) is 4.79 Å². The third-order valence-corrected chi connectivity index (χ3v) is 3.71. The molecule has 25 heavy (non-hydrogen) atoms. The molecule has 0 atom stereocenters. The summed E-state index contributed by atoms with van der Waals surface area (Å²) < 4.78 is 0. The molecule has 8 heteroatoms. The van der Waals surface area contributed by atoms with E-state index in [9.17, 15) is 14.4 Å². The highest BCUT2D eigenvalue weighted by Gasteiger charge is 2.25. The SMILES string of the molecule is O=C1CN(/N=C\c2cccc(NC(=O)c3ccccc3Cl)c2)C(=O)N1. The zero-order chi connectivity index (χ0) is 17.8. The van der Waals surface area contributed by atoms with Crippen LogP contribution in [0.25, 0.3) is 0 Å². The number of anilines is 1. The van der Waals surface area contributed by atoms with E-state index in [-0.39, 0.29) is 12.5 Å². The van der Waals surface area contributed by atoms with Crippen LogP contribution in [0, 0.1) is 0 Å². The summed E-state index contributed by atoms with van der Waals surface area (Å²) in [6.07, 6.45) is 1.43. The summed E-state index contributed by atoms with van der Waals surface area (Å²) in [5.74, 6) is -0.730. The topological polar surface area (TPSA) is 90.9 Å². The molecular weight excluding hydrogens is 344 g/mol. The molecule has 0 radical (unpaired) electrons. The molecule has 7 nitrogen and oxygen atoms in total. The molecule has 0 aromatic heterocycles. The molecule has 0 aliphatic carbocycles. The maximum Gasteiger partial charge on any atom is 0.344 e. The molecule has 2 aromatic carbocycles. The maximum atomic E-state index is 12.3. The molecule has 0 spiro atoms. The Hall–Kier alpha value is -3.19. The highest BCUT2D eigenvalue weighted by Crippen LogP contribution is 2.17. The molecule has 2 aromatic rings. The average molecular weight is 357 g/mol. The normalized spacial score (nSPS) is 14.0. The van der Waals surface area contributed by atoms with Gasteiger partial charge in [0.2, 0.25) is 5.91 Å². The number of hydrogen-bond donors (Lipinski definition) is 2. The van der Waals surface area contributed by atoms with Gasteiger partial charge in [0.25, 0.3) is 5.91 Å². The van der Waals surface area contributed by atoms with Crippen molar-refractivity contribution >= 4 is 41.3 Å². The van der Waals surface area contributed by atoms with Crippen molar-refractivity contribution in [2.45, 2.75) is 0 Å². The number of rotatable bonds is 4. The van der Waals surface area contributed by atoms with Crippen LogP contribution in [0.3, 0.4) is 0 Å². The summed E-state index contributed by atoms with van der Waals surface area (Å²) in [5, 5.41) is 10.2. The van der Waals surface area contributed by atoms with Crippen molar-refractivity contribution < 1.29 is 14.4 Å². The van der Waals surface area contributed by atoms with Gasteiger partial charge in [-0.05, 0) is 29.8 Å². The van der Waals surface area contributed by atoms with Gasteiger partial charge in [0, 0.05) is 5.69 Å². The lowest BCUT2D eigenvalue weighted by Crippen LogP contribution is -2.24. The Morgan fingerprint density at radius 3 is 2.72 bits per heavy atom. The fourth-order valence-corrected chi connectivity index (χ4v) is 2.42. The number of carbonyl (C=O) groups is 3. The second-order valence-electron chi connectivity index (χ2n) is 5.21. The molecule has 0 bridgehead atoms. The van der Waals surface area contributed by atoms with Crippen molar-refractivity contribution in [3.8, 4) is 0 Å². The van der Waals surface area contributed by atoms with Crippen LogP contribution in [-0.4, -0.2) is 35.6 Å². The molecular formula is C17H13ClN4O3. The zero-order valence-corrected chi connectivity index (χ0v) is 13.7. The Bertz CT molecular complexity index is 882. The van der Waals surface area contributed by atoms with Gasteiger partial charge in [-0.3, -0.25) is 14.9 Å². The van der Waals surface area contributed by atoms with Crippen molar-refractivity contribution in [2.24, 2.45) is 5.10 Å². The predicted molar refractivity (Wildman–Crippen MR) is 93.7 cm³/mol. The summed E-state index contributed by atoms with van der Waals surface area (Å²) in [6, 6.07) is 13.1. The monoisotopic (exact) mass is 356 g/mol. The van der Waals surface area contributed by atoms with Crippen molar-refractivity contribution in [1.29, 1.82) is 0 Å². The van der Waals surface area contributed by atoms with Crippen LogP contribution in [0.15, 0.2) is 53.6 Å². The molecule has 1 saturated heterocycles. The molecule has 2 N–H and O–H groups in total. The second kappa shape index (κ2) is 7.14. The highest BCUT2D eigenvalue weighted by molar-refractivity contribution is 6.34. The first-order valence-corrected chi connectivity index (χ1v) is 7.72. The van der Waals surface area contributed by atoms with E-state index in [1.54, 1.807) is 48.5 Å². The van der Waals surface area contributed by atoms with Crippen LogP contribution in [0.5, 0.6) is 0 Å². The predicted octanol–water partition coefficient (Wildman–Crippen LogP) is 2.48. The molecule has 0 unspecified atom stereocenters. The van der Waals surface area contributed by atoms with Gasteiger partial charge >= 0.3 is 6.03 Å². The standard InChI is InChI=1S/C17H13ClN4O3/c18-14-7-2-1-6-13(14)16(24)20-12-5-3-4-11(8-12)9-19-22-10-15(23)21-17(22)25/h1-9H,10H2,(H,20,24)(H,21,23,25)/b19-9-. The second-order valence-corrected chi connectivity index (χ2v) is 5.62. The molecule has 1 aliphatic heterocycles. The van der Waals surface area contributed by atoms with Gasteiger partial charge < -0.3 is 5.32 Å². The molecule has 4 amide bonds. The van der Waals surface area contributed by atoms with Crippen LogP contribution in [0.2, 0.25) is 5.02 Å². The molecule has 3 rings (SSSR count). The number of urea groups is 1. The summed E-state index contributed by atoms with van der Waals surface area (Å²) in [4.78, 5) is 34.8. The number of benzene rings is 2. The lowest BCUT2D eigenvalue weighted by Gasteiger charge is -2.08. The van der Waals surface area contributed by atoms with E-state index in [1.165, 1.54) is 6.21 Å². The molecule has 0 saturated carbocycles. The van der Waals surface area contributed by atoms with E-state index in [1.807, 2.05) is 0 Å². The zero-order valence-electron chi connectivity index (χ0n) is 12.9. The van der Waals surface area contributed by atoms with Crippen LogP contribution < -0.4 is 10.6 Å². The Labute approximate surface area is 148 Å². The number of imide groups is 1. The Kier molecular flexibility index (Phi) is 4.76. The number of hydrogen-bond acceptors (Lipinski definition) is 4. The van der Waals surface area contributed by atoms with Crippen molar-refractivity contribution in [3.63, 3.8) is 0 Å². The number of hydrazone groups is 1. The van der Waals surface area contributed by atoms with Gasteiger partial charge in [-0.2, -0.15) is 5.10 Å². The number of carbonyl (C=O) groups excluding carboxylic acids is 3. The quantitative estimate of drug-likeness (QED) is 0.651. The third-order valence-electron chi connectivity index (χ3n) is 3.38. The minimum atomic E-state index is -0.565. The average Bonchev–Trinajstić information content (AvgIpc) is 2.91. The molecule has 1 heterocycles. The lowest BCUT2D eigenvalue weighted by atomic mass is 10.2. The van der Waals surface area contributed by atoms with Crippen LogP contribution in [0.4, 0.5) is 10.5 Å². The van der Waals surface area contributed by atoms with Crippen molar-refractivity contribution in [3.05, 3.63) is 64.7 Å². The van der Waals surface area contributed by atoms with Crippen LogP contribution in [0.1, 0.15) is 15.9 Å². The van der Waals surface area contributed by atoms with E-state index in [2.05, 4.69) is 15.7 Å². The van der Waals surface area contributed by atoms with E-state index in [0.717, 1.165) is 5.01 Å². The van der Waals surface area contributed by atoms with E-state index >= 15 is 0 Å². The first kappa shape index (κ1) is 16.7. The van der Waals surface area contributed by atoms with Gasteiger partial charge in [-0.15, -0.1) is 0 Å². The van der Waals surface area contributed by atoms with Gasteiger partial charge in [0.15, 0.2) is 0 Å². The largest absolute Gasteiger partial charge is 0.344 e. The Morgan fingerprint density at radius 2 is 2.00 bits per heavy atom. The number of amides is 4. The lowest BCUT2D eigenvalue weighted by molar-refractivity contribution is -0.118. The summed E-state index contributed by atoms with van der Waals surface area (Å²) in [5.41, 5.74) is 1.58. The highest BCUT2D eigenvalue weighted by atomic mass is 35.5. The van der Waals surface area contributed by atoms with Gasteiger partial charge in [-0.1, -0.05) is 35.9 Å². The van der Waals surface area contributed by atoms with Gasteiger partial charge in [0.05, 0.1) is 16.8 Å². The molecule has 126 valence electrons. The minimum absolute atomic E-state index is 0.113. The smallest absolute Gasteiger partial charge is 0.322 e. The minimum Gasteiger partial charge on any atom is -0.322 e. The van der Waals surface area contributed by atoms with Gasteiger partial charge in [0.1, 0.15) is 6.54 Å². The first-order chi connectivity index (χ1) is 12.0. The molecule has 1 fully saturated rings. The third kappa shape index (κ3) is 4.02. The van der Waals surface area contributed by atoms with E-state index < -0.39 is 11.9 Å². The summed E-state index contributed by atoms with van der Waals surface area (Å²) >= 11 is 6.01. The first-order valence-electron chi connectivity index (χ1n) is 7.34. The maximum absolute atomic E-state index is 12.3. The number of nitrogens with zero attached hydrogens (tertiary/aromatic N) is 2. The van der Waals surface area contributed by atoms with E-state index in [0.29, 0.717) is 21.8 Å². The van der Waals surface area contributed by atoms with Crippen LogP contribution >= 0.6 is 11.6 Å². The fourth-order valence-electron chi connectivity index (χ4n) is 2.20. The Morgan fingerprint density at radius 1 is 1.20 bits per heavy atom. The number of nitrogens with one attached hydrogen (secondary N) is 2. The van der Waals surface area contributed by atoms with Crippen molar-refractivity contribution in [2.75, 3.05) is 11.9 Å².